The van der Waals surface area contributed by atoms with Gasteiger partial charge in [-0.1, -0.05) is 28.1 Å². The number of halogens is 1. The number of fused-ring (bicyclic) bond motifs is 5. The number of rotatable bonds is 8. The normalized spacial score (nSPS) is 29.9. The first-order valence-electron chi connectivity index (χ1n) is 11.0. The van der Waals surface area contributed by atoms with Crippen molar-refractivity contribution in [3.63, 3.8) is 0 Å². The fourth-order valence-corrected chi connectivity index (χ4v) is 5.38. The second kappa shape index (κ2) is 10.5. The molecule has 1 aliphatic heterocycles. The molecular formula is C22H28BrN3O5S. The molecule has 4 rings (SSSR count). The average Bonchev–Trinajstić information content (AvgIpc) is 3.48. The van der Waals surface area contributed by atoms with Crippen molar-refractivity contribution in [1.82, 2.24) is 16.0 Å². The summed E-state index contributed by atoms with van der Waals surface area (Å²) >= 11 is 8.57. The first-order chi connectivity index (χ1) is 15.5. The largest absolute Gasteiger partial charge is 0.465 e. The fraction of sp³-hybridized carbons (Fsp3) is 0.591. The number of carbonyl (C=O) groups is 2. The van der Waals surface area contributed by atoms with E-state index in [0.29, 0.717) is 30.7 Å². The van der Waals surface area contributed by atoms with E-state index in [9.17, 15) is 9.59 Å². The van der Waals surface area contributed by atoms with Gasteiger partial charge < -0.3 is 30.2 Å². The highest BCUT2D eigenvalue weighted by molar-refractivity contribution is 9.10. The molecule has 32 heavy (non-hydrogen) atoms. The van der Waals surface area contributed by atoms with Gasteiger partial charge in [0.1, 0.15) is 6.54 Å². The maximum Gasteiger partial charge on any atom is 0.325 e. The van der Waals surface area contributed by atoms with Crippen LogP contribution < -0.4 is 16.0 Å². The van der Waals surface area contributed by atoms with Crippen molar-refractivity contribution in [2.75, 3.05) is 26.2 Å². The lowest BCUT2D eigenvalue weighted by molar-refractivity contribution is -0.141. The molecule has 8 nitrogen and oxygen atoms in total. The van der Waals surface area contributed by atoms with Crippen molar-refractivity contribution in [3.05, 3.63) is 34.3 Å². The summed E-state index contributed by atoms with van der Waals surface area (Å²) in [6, 6.07) is 7.96. The van der Waals surface area contributed by atoms with Crippen molar-refractivity contribution in [1.29, 1.82) is 0 Å². The second-order valence-corrected chi connectivity index (χ2v) is 9.62. The smallest absolute Gasteiger partial charge is 0.325 e. The van der Waals surface area contributed by atoms with Crippen LogP contribution >= 0.6 is 28.1 Å². The summed E-state index contributed by atoms with van der Waals surface area (Å²) in [5.41, 5.74) is 1.00. The van der Waals surface area contributed by atoms with Gasteiger partial charge in [-0.2, -0.15) is 0 Å². The third-order valence-electron chi connectivity index (χ3n) is 6.31. The van der Waals surface area contributed by atoms with E-state index in [1.807, 2.05) is 24.3 Å². The molecule has 1 saturated heterocycles. The predicted octanol–water partition coefficient (Wildman–Crippen LogP) is 2.03. The summed E-state index contributed by atoms with van der Waals surface area (Å²) in [4.78, 5) is 24.1. The van der Waals surface area contributed by atoms with Gasteiger partial charge in [-0.25, -0.2) is 0 Å². The Morgan fingerprint density at radius 2 is 1.81 bits per heavy atom. The van der Waals surface area contributed by atoms with Gasteiger partial charge in [0.05, 0.1) is 18.8 Å². The average molecular weight is 526 g/mol. The number of hydrogen-bond acceptors (Lipinski definition) is 6. The predicted molar refractivity (Wildman–Crippen MR) is 125 cm³/mol. The lowest BCUT2D eigenvalue weighted by Gasteiger charge is -2.28. The lowest BCUT2D eigenvalue weighted by Crippen LogP contribution is -2.45. The van der Waals surface area contributed by atoms with Gasteiger partial charge in [0.25, 0.3) is 0 Å². The summed E-state index contributed by atoms with van der Waals surface area (Å²) in [5, 5.41) is 9.10. The van der Waals surface area contributed by atoms with Crippen LogP contribution in [-0.2, 0) is 23.8 Å². The lowest BCUT2D eigenvalue weighted by atomic mass is 9.84. The zero-order valence-electron chi connectivity index (χ0n) is 17.8. The Morgan fingerprint density at radius 1 is 1.09 bits per heavy atom. The standard InChI is InChI=1S/C22H28BrN3O5S/c1-2-29-17(27)11-26-22(32)25-8-7-24-20(28)16-10-13-9-15(16)19-18(13)30-21(31-19)12-3-5-14(23)6-4-12/h3-6,13,15-16,18-19,21H,2,7-11H2,1H3,(H,24,28)(H2,25,26,32). The monoisotopic (exact) mass is 525 g/mol. The molecule has 2 aliphatic carbocycles. The number of nitrogens with one attached hydrogen (secondary N) is 3. The summed E-state index contributed by atoms with van der Waals surface area (Å²) < 4.78 is 18.3. The third kappa shape index (κ3) is 5.24. The zero-order valence-corrected chi connectivity index (χ0v) is 20.2. The Bertz CT molecular complexity index is 854. The van der Waals surface area contributed by atoms with Gasteiger partial charge in [0, 0.05) is 29.0 Å². The van der Waals surface area contributed by atoms with Gasteiger partial charge in [-0.15, -0.1) is 0 Å². The van der Waals surface area contributed by atoms with Crippen molar-refractivity contribution in [3.8, 4) is 0 Å². The molecule has 0 spiro atoms. The number of hydrogen-bond donors (Lipinski definition) is 3. The molecule has 1 aromatic rings. The zero-order chi connectivity index (χ0) is 22.7. The molecule has 2 saturated carbocycles. The van der Waals surface area contributed by atoms with Crippen LogP contribution in [0.25, 0.3) is 0 Å². The number of carbonyl (C=O) groups excluding carboxylic acids is 2. The minimum absolute atomic E-state index is 0.0169. The van der Waals surface area contributed by atoms with Crippen LogP contribution in [0.15, 0.2) is 28.7 Å². The van der Waals surface area contributed by atoms with Gasteiger partial charge in [0.15, 0.2) is 11.4 Å². The number of esters is 1. The van der Waals surface area contributed by atoms with E-state index in [0.717, 1.165) is 22.9 Å². The van der Waals surface area contributed by atoms with E-state index in [1.165, 1.54) is 0 Å². The minimum atomic E-state index is -0.363. The van der Waals surface area contributed by atoms with E-state index in [1.54, 1.807) is 6.92 Å². The van der Waals surface area contributed by atoms with Crippen LogP contribution in [0, 0.1) is 17.8 Å². The van der Waals surface area contributed by atoms with Gasteiger partial charge in [-0.05, 0) is 56.0 Å². The number of thiocarbonyl (C=S) groups is 1. The molecule has 1 amide bonds. The van der Waals surface area contributed by atoms with Crippen molar-refractivity contribution < 1.29 is 23.8 Å². The number of benzene rings is 1. The number of amides is 1. The Balaban J connectivity index is 1.19. The van der Waals surface area contributed by atoms with E-state index < -0.39 is 0 Å². The third-order valence-corrected chi connectivity index (χ3v) is 7.12. The van der Waals surface area contributed by atoms with Crippen molar-refractivity contribution in [2.24, 2.45) is 17.8 Å². The summed E-state index contributed by atoms with van der Waals surface area (Å²) in [6.07, 6.45) is 1.48. The molecule has 3 fully saturated rings. The maximum absolute atomic E-state index is 12.8. The molecule has 0 aromatic heterocycles. The van der Waals surface area contributed by atoms with Crippen LogP contribution in [0.4, 0.5) is 0 Å². The molecule has 1 aromatic carbocycles. The van der Waals surface area contributed by atoms with E-state index in [-0.39, 0.29) is 48.8 Å². The highest BCUT2D eigenvalue weighted by atomic mass is 79.9. The molecule has 6 unspecified atom stereocenters. The molecule has 0 radical (unpaired) electrons. The van der Waals surface area contributed by atoms with Gasteiger partial charge in [0.2, 0.25) is 5.91 Å². The Kier molecular flexibility index (Phi) is 7.65. The number of ether oxygens (including phenoxy) is 3. The van der Waals surface area contributed by atoms with Crippen LogP contribution in [0.2, 0.25) is 0 Å². The van der Waals surface area contributed by atoms with Crippen LogP contribution in [-0.4, -0.2) is 55.4 Å². The molecule has 10 heteroatoms. The molecule has 3 aliphatic rings. The van der Waals surface area contributed by atoms with Crippen LogP contribution in [0.1, 0.15) is 31.6 Å². The van der Waals surface area contributed by atoms with E-state index in [4.69, 9.17) is 26.4 Å². The topological polar surface area (TPSA) is 97.9 Å². The Hall–Kier alpha value is -1.75. The van der Waals surface area contributed by atoms with E-state index >= 15 is 0 Å². The molecule has 3 N–H and O–H groups in total. The summed E-state index contributed by atoms with van der Waals surface area (Å²) in [5.74, 6) is 0.186. The highest BCUT2D eigenvalue weighted by Gasteiger charge is 2.60. The Labute approximate surface area is 201 Å². The molecule has 2 bridgehead atoms. The van der Waals surface area contributed by atoms with Crippen molar-refractivity contribution in [2.45, 2.75) is 38.3 Å². The first-order valence-corrected chi connectivity index (χ1v) is 12.2. The van der Waals surface area contributed by atoms with Gasteiger partial charge >= 0.3 is 5.97 Å². The second-order valence-electron chi connectivity index (χ2n) is 8.29. The summed E-state index contributed by atoms with van der Waals surface area (Å²) in [6.45, 7) is 3.02. The molecular weight excluding hydrogens is 498 g/mol. The quantitative estimate of drug-likeness (QED) is 0.269. The molecule has 174 valence electrons. The first kappa shape index (κ1) is 23.4. The van der Waals surface area contributed by atoms with Gasteiger partial charge in [-0.3, -0.25) is 9.59 Å². The SMILES string of the molecule is CCOC(=O)CNC(=S)NCCNC(=O)C1CC2CC1C1OC(c3ccc(Br)cc3)OC21. The summed E-state index contributed by atoms with van der Waals surface area (Å²) in [7, 11) is 0. The minimum Gasteiger partial charge on any atom is -0.465 e. The highest BCUT2D eigenvalue weighted by Crippen LogP contribution is 2.56. The van der Waals surface area contributed by atoms with Crippen LogP contribution in [0.5, 0.6) is 0 Å². The van der Waals surface area contributed by atoms with Crippen LogP contribution in [0.3, 0.4) is 0 Å². The fourth-order valence-electron chi connectivity index (χ4n) is 4.94. The molecule has 1 heterocycles. The van der Waals surface area contributed by atoms with Crippen molar-refractivity contribution >= 4 is 45.1 Å². The van der Waals surface area contributed by atoms with E-state index in [2.05, 4.69) is 31.9 Å². The maximum atomic E-state index is 12.8. The molecule has 6 atom stereocenters. The Morgan fingerprint density at radius 3 is 2.56 bits per heavy atom.